The standard InChI is InChI=1S/C21H19BrN6O3/c22-16-3-1-2-15(12-16)21-23-20(25-31-21)14-4-5-18-17(13-14)24-26-28(18)7-6-19(29)27-8-10-30-11-9-27/h1-5,12-13H,6-11H2. The van der Waals surface area contributed by atoms with Gasteiger partial charge in [0.15, 0.2) is 0 Å². The van der Waals surface area contributed by atoms with E-state index in [1.807, 2.05) is 47.4 Å². The molecule has 0 saturated carbocycles. The van der Waals surface area contributed by atoms with Crippen LogP contribution in [0.15, 0.2) is 51.5 Å². The summed E-state index contributed by atoms with van der Waals surface area (Å²) in [5, 5.41) is 12.6. The van der Waals surface area contributed by atoms with E-state index in [1.165, 1.54) is 0 Å². The van der Waals surface area contributed by atoms with E-state index in [9.17, 15) is 4.79 Å². The summed E-state index contributed by atoms with van der Waals surface area (Å²) in [4.78, 5) is 18.7. The summed E-state index contributed by atoms with van der Waals surface area (Å²) in [6, 6.07) is 13.4. The SMILES string of the molecule is O=C(CCn1nnc2cc(-c3noc(-c4cccc(Br)c4)n3)ccc21)N1CCOCC1. The van der Waals surface area contributed by atoms with Crippen molar-refractivity contribution < 1.29 is 14.1 Å². The Kier molecular flexibility index (Phi) is 5.47. The molecule has 1 amide bonds. The van der Waals surface area contributed by atoms with E-state index in [0.29, 0.717) is 56.5 Å². The number of rotatable bonds is 5. The highest BCUT2D eigenvalue weighted by Gasteiger charge is 2.18. The van der Waals surface area contributed by atoms with E-state index < -0.39 is 0 Å². The zero-order valence-electron chi connectivity index (χ0n) is 16.6. The molecule has 0 spiro atoms. The highest BCUT2D eigenvalue weighted by Crippen LogP contribution is 2.26. The van der Waals surface area contributed by atoms with Crippen LogP contribution in [0, 0.1) is 0 Å². The fraction of sp³-hybridized carbons (Fsp3) is 0.286. The van der Waals surface area contributed by atoms with Crippen LogP contribution < -0.4 is 0 Å². The molecule has 31 heavy (non-hydrogen) atoms. The second-order valence-electron chi connectivity index (χ2n) is 7.19. The Labute approximate surface area is 186 Å². The summed E-state index contributed by atoms with van der Waals surface area (Å²) < 4.78 is 13.4. The van der Waals surface area contributed by atoms with Crippen LogP contribution in [0.25, 0.3) is 33.9 Å². The maximum Gasteiger partial charge on any atom is 0.258 e. The number of nitrogens with zero attached hydrogens (tertiary/aromatic N) is 6. The van der Waals surface area contributed by atoms with Gasteiger partial charge in [-0.2, -0.15) is 4.98 Å². The molecule has 0 atom stereocenters. The van der Waals surface area contributed by atoms with Gasteiger partial charge >= 0.3 is 0 Å². The Bertz CT molecular complexity index is 1230. The Balaban J connectivity index is 1.32. The van der Waals surface area contributed by atoms with Crippen LogP contribution in [0.4, 0.5) is 0 Å². The normalized spacial score (nSPS) is 14.3. The molecule has 1 aliphatic rings. The number of hydrogen-bond donors (Lipinski definition) is 0. The average Bonchev–Trinajstić information content (AvgIpc) is 3.45. The van der Waals surface area contributed by atoms with Crippen molar-refractivity contribution in [2.75, 3.05) is 26.3 Å². The van der Waals surface area contributed by atoms with Gasteiger partial charge in [-0.25, -0.2) is 4.68 Å². The molecule has 0 aliphatic carbocycles. The Morgan fingerprint density at radius 1 is 1.10 bits per heavy atom. The Morgan fingerprint density at radius 2 is 1.97 bits per heavy atom. The summed E-state index contributed by atoms with van der Waals surface area (Å²) in [5.74, 6) is 1.03. The molecule has 1 fully saturated rings. The first-order valence-corrected chi connectivity index (χ1v) is 10.8. The number of amides is 1. The van der Waals surface area contributed by atoms with Crippen LogP contribution in [-0.2, 0) is 16.1 Å². The van der Waals surface area contributed by atoms with Gasteiger partial charge < -0.3 is 14.2 Å². The summed E-state index contributed by atoms with van der Waals surface area (Å²) in [6.07, 6.45) is 0.376. The number of ether oxygens (including phenoxy) is 1. The molecule has 2 aromatic heterocycles. The average molecular weight is 483 g/mol. The fourth-order valence-corrected chi connectivity index (χ4v) is 3.93. The molecule has 5 rings (SSSR count). The third-order valence-corrected chi connectivity index (χ3v) is 5.66. The molecule has 10 heteroatoms. The minimum absolute atomic E-state index is 0.107. The highest BCUT2D eigenvalue weighted by molar-refractivity contribution is 9.10. The second kappa shape index (κ2) is 8.56. The van der Waals surface area contributed by atoms with Crippen LogP contribution in [0.3, 0.4) is 0 Å². The minimum atomic E-state index is 0.107. The van der Waals surface area contributed by atoms with E-state index >= 15 is 0 Å². The lowest BCUT2D eigenvalue weighted by molar-refractivity contribution is -0.135. The van der Waals surface area contributed by atoms with E-state index in [1.54, 1.807) is 4.68 Å². The molecule has 2 aromatic carbocycles. The van der Waals surface area contributed by atoms with Crippen molar-refractivity contribution in [3.8, 4) is 22.8 Å². The number of benzene rings is 2. The topological polar surface area (TPSA) is 99.2 Å². The molecule has 0 unspecified atom stereocenters. The van der Waals surface area contributed by atoms with Gasteiger partial charge in [-0.05, 0) is 36.4 Å². The van der Waals surface area contributed by atoms with Gasteiger partial charge in [-0.1, -0.05) is 32.4 Å². The van der Waals surface area contributed by atoms with Crippen molar-refractivity contribution in [1.29, 1.82) is 0 Å². The first-order valence-electron chi connectivity index (χ1n) is 9.96. The molecule has 158 valence electrons. The van der Waals surface area contributed by atoms with Gasteiger partial charge in [0.25, 0.3) is 5.89 Å². The molecule has 0 radical (unpaired) electrons. The van der Waals surface area contributed by atoms with Crippen molar-refractivity contribution in [3.63, 3.8) is 0 Å². The van der Waals surface area contributed by atoms with Crippen LogP contribution >= 0.6 is 15.9 Å². The molecular formula is C21H19BrN6O3. The molecule has 9 nitrogen and oxygen atoms in total. The largest absolute Gasteiger partial charge is 0.378 e. The molecule has 3 heterocycles. The number of fused-ring (bicyclic) bond motifs is 1. The maximum atomic E-state index is 12.4. The van der Waals surface area contributed by atoms with Crippen molar-refractivity contribution in [3.05, 3.63) is 46.9 Å². The second-order valence-corrected chi connectivity index (χ2v) is 8.11. The predicted molar refractivity (Wildman–Crippen MR) is 116 cm³/mol. The van der Waals surface area contributed by atoms with Crippen molar-refractivity contribution >= 4 is 32.9 Å². The smallest absolute Gasteiger partial charge is 0.258 e. The molecule has 1 aliphatic heterocycles. The molecule has 0 N–H and O–H groups in total. The third kappa shape index (κ3) is 4.21. The van der Waals surface area contributed by atoms with E-state index in [4.69, 9.17) is 9.26 Å². The summed E-state index contributed by atoms with van der Waals surface area (Å²) in [6.45, 7) is 2.96. The van der Waals surface area contributed by atoms with Crippen LogP contribution in [0.5, 0.6) is 0 Å². The summed E-state index contributed by atoms with van der Waals surface area (Å²) in [5.41, 5.74) is 3.19. The van der Waals surface area contributed by atoms with Gasteiger partial charge in [0.05, 0.1) is 25.3 Å². The van der Waals surface area contributed by atoms with Crippen molar-refractivity contribution in [1.82, 2.24) is 30.0 Å². The number of morpholine rings is 1. The predicted octanol–water partition coefficient (Wildman–Crippen LogP) is 3.16. The maximum absolute atomic E-state index is 12.4. The van der Waals surface area contributed by atoms with Crippen molar-refractivity contribution in [2.45, 2.75) is 13.0 Å². The van der Waals surface area contributed by atoms with Gasteiger partial charge in [0, 0.05) is 35.1 Å². The lowest BCUT2D eigenvalue weighted by atomic mass is 10.2. The lowest BCUT2D eigenvalue weighted by Gasteiger charge is -2.26. The van der Waals surface area contributed by atoms with Crippen LogP contribution in [-0.4, -0.2) is 62.2 Å². The Morgan fingerprint density at radius 3 is 2.81 bits per heavy atom. The zero-order chi connectivity index (χ0) is 21.2. The van der Waals surface area contributed by atoms with E-state index in [2.05, 4.69) is 36.4 Å². The first-order chi connectivity index (χ1) is 15.2. The fourth-order valence-electron chi connectivity index (χ4n) is 3.53. The van der Waals surface area contributed by atoms with E-state index in [0.717, 1.165) is 21.1 Å². The van der Waals surface area contributed by atoms with Crippen LogP contribution in [0.1, 0.15) is 6.42 Å². The van der Waals surface area contributed by atoms with Gasteiger partial charge in [-0.15, -0.1) is 5.10 Å². The molecule has 1 saturated heterocycles. The minimum Gasteiger partial charge on any atom is -0.378 e. The number of aromatic nitrogens is 5. The quantitative estimate of drug-likeness (QED) is 0.430. The van der Waals surface area contributed by atoms with Crippen molar-refractivity contribution in [2.24, 2.45) is 0 Å². The van der Waals surface area contributed by atoms with Gasteiger partial charge in [-0.3, -0.25) is 4.79 Å². The lowest BCUT2D eigenvalue weighted by Crippen LogP contribution is -2.41. The van der Waals surface area contributed by atoms with E-state index in [-0.39, 0.29) is 5.91 Å². The summed E-state index contributed by atoms with van der Waals surface area (Å²) in [7, 11) is 0. The number of halogens is 1. The van der Waals surface area contributed by atoms with Gasteiger partial charge in [0.1, 0.15) is 5.52 Å². The number of aryl methyl sites for hydroxylation is 1. The zero-order valence-corrected chi connectivity index (χ0v) is 18.2. The Hall–Kier alpha value is -3.11. The number of hydrogen-bond acceptors (Lipinski definition) is 7. The number of carbonyl (C=O) groups excluding carboxylic acids is 1. The molecule has 0 bridgehead atoms. The molecular weight excluding hydrogens is 464 g/mol. The monoisotopic (exact) mass is 482 g/mol. The van der Waals surface area contributed by atoms with Gasteiger partial charge in [0.2, 0.25) is 11.7 Å². The number of carbonyl (C=O) groups is 1. The summed E-state index contributed by atoms with van der Waals surface area (Å²) >= 11 is 3.45. The highest BCUT2D eigenvalue weighted by atomic mass is 79.9. The first kappa shape index (κ1) is 19.8. The third-order valence-electron chi connectivity index (χ3n) is 5.17. The van der Waals surface area contributed by atoms with Crippen LogP contribution in [0.2, 0.25) is 0 Å². The molecule has 4 aromatic rings.